The van der Waals surface area contributed by atoms with Gasteiger partial charge in [0.2, 0.25) is 0 Å². The van der Waals surface area contributed by atoms with Gasteiger partial charge in [-0.05, 0) is 25.1 Å². The lowest BCUT2D eigenvalue weighted by Crippen LogP contribution is -2.24. The van der Waals surface area contributed by atoms with Gasteiger partial charge in [0.25, 0.3) is 5.91 Å². The fourth-order valence-electron chi connectivity index (χ4n) is 1.79. The summed E-state index contributed by atoms with van der Waals surface area (Å²) in [4.78, 5) is 12.1. The standard InChI is InChI=1S/C13H17N5O2/c1-3-18-8-16-17-12(18)7-15-13(19)9-4-5-10(14)11(6-9)20-2/h4-6,8H,3,7,14H2,1-2H3,(H,15,19). The summed E-state index contributed by atoms with van der Waals surface area (Å²) < 4.78 is 6.96. The normalized spacial score (nSPS) is 10.3. The van der Waals surface area contributed by atoms with E-state index in [-0.39, 0.29) is 5.91 Å². The highest BCUT2D eigenvalue weighted by molar-refractivity contribution is 5.95. The minimum atomic E-state index is -0.214. The fourth-order valence-corrected chi connectivity index (χ4v) is 1.79. The predicted octanol–water partition coefficient (Wildman–Crippen LogP) is 0.819. The molecule has 106 valence electrons. The Kier molecular flexibility index (Phi) is 4.19. The summed E-state index contributed by atoms with van der Waals surface area (Å²) in [6.45, 7) is 3.06. The van der Waals surface area contributed by atoms with Crippen molar-refractivity contribution in [1.82, 2.24) is 20.1 Å². The molecule has 2 rings (SSSR count). The minimum absolute atomic E-state index is 0.214. The van der Waals surface area contributed by atoms with Crippen LogP contribution < -0.4 is 15.8 Å². The summed E-state index contributed by atoms with van der Waals surface area (Å²) >= 11 is 0. The van der Waals surface area contributed by atoms with E-state index in [0.29, 0.717) is 29.4 Å². The van der Waals surface area contributed by atoms with Gasteiger partial charge in [-0.15, -0.1) is 10.2 Å². The molecule has 1 amide bonds. The number of rotatable bonds is 5. The number of hydrogen-bond donors (Lipinski definition) is 2. The predicted molar refractivity (Wildman–Crippen MR) is 74.3 cm³/mol. The number of nitrogens with one attached hydrogen (secondary N) is 1. The summed E-state index contributed by atoms with van der Waals surface area (Å²) in [5.74, 6) is 0.978. The maximum Gasteiger partial charge on any atom is 0.251 e. The van der Waals surface area contributed by atoms with Crippen LogP contribution in [0.25, 0.3) is 0 Å². The van der Waals surface area contributed by atoms with Crippen LogP contribution in [-0.2, 0) is 13.1 Å². The zero-order valence-electron chi connectivity index (χ0n) is 11.5. The number of methoxy groups -OCH3 is 1. The molecule has 3 N–H and O–H groups in total. The molecule has 20 heavy (non-hydrogen) atoms. The molecule has 1 aromatic heterocycles. The number of amides is 1. The molecular weight excluding hydrogens is 258 g/mol. The Hall–Kier alpha value is -2.57. The molecule has 0 radical (unpaired) electrons. The van der Waals surface area contributed by atoms with Gasteiger partial charge >= 0.3 is 0 Å². The van der Waals surface area contributed by atoms with Crippen molar-refractivity contribution in [3.05, 3.63) is 35.9 Å². The van der Waals surface area contributed by atoms with Gasteiger partial charge in [-0.2, -0.15) is 0 Å². The molecule has 0 aliphatic rings. The van der Waals surface area contributed by atoms with Gasteiger partial charge in [-0.25, -0.2) is 0 Å². The monoisotopic (exact) mass is 275 g/mol. The van der Waals surface area contributed by atoms with Gasteiger partial charge in [0.1, 0.15) is 12.1 Å². The maximum absolute atomic E-state index is 12.1. The number of carbonyl (C=O) groups excluding carboxylic acids is 1. The van der Waals surface area contributed by atoms with E-state index < -0.39 is 0 Å². The quantitative estimate of drug-likeness (QED) is 0.788. The molecule has 2 aromatic rings. The van der Waals surface area contributed by atoms with Gasteiger partial charge in [0.15, 0.2) is 5.82 Å². The van der Waals surface area contributed by atoms with Crippen LogP contribution >= 0.6 is 0 Å². The van der Waals surface area contributed by atoms with Crippen LogP contribution in [0.5, 0.6) is 5.75 Å². The van der Waals surface area contributed by atoms with Crippen LogP contribution in [0.15, 0.2) is 24.5 Å². The van der Waals surface area contributed by atoms with Crippen molar-refractivity contribution >= 4 is 11.6 Å². The van der Waals surface area contributed by atoms with Crippen LogP contribution in [0.1, 0.15) is 23.1 Å². The fraction of sp³-hybridized carbons (Fsp3) is 0.308. The third-order valence-electron chi connectivity index (χ3n) is 2.94. The molecule has 0 unspecified atom stereocenters. The van der Waals surface area contributed by atoms with Crippen molar-refractivity contribution in [2.24, 2.45) is 0 Å². The van der Waals surface area contributed by atoms with E-state index in [0.717, 1.165) is 6.54 Å². The molecule has 0 atom stereocenters. The third kappa shape index (κ3) is 2.87. The summed E-state index contributed by atoms with van der Waals surface area (Å²) in [6.07, 6.45) is 1.63. The number of aryl methyl sites for hydroxylation is 1. The molecule has 0 saturated heterocycles. The molecule has 0 spiro atoms. The average Bonchev–Trinajstić information content (AvgIpc) is 2.92. The van der Waals surface area contributed by atoms with E-state index >= 15 is 0 Å². The second-order valence-electron chi connectivity index (χ2n) is 4.17. The van der Waals surface area contributed by atoms with Crippen LogP contribution in [0.3, 0.4) is 0 Å². The third-order valence-corrected chi connectivity index (χ3v) is 2.94. The van der Waals surface area contributed by atoms with E-state index in [1.807, 2.05) is 11.5 Å². The molecule has 1 aromatic carbocycles. The van der Waals surface area contributed by atoms with Gasteiger partial charge in [-0.1, -0.05) is 0 Å². The van der Waals surface area contributed by atoms with E-state index in [9.17, 15) is 4.79 Å². The highest BCUT2D eigenvalue weighted by Gasteiger charge is 2.10. The first-order valence-corrected chi connectivity index (χ1v) is 6.24. The first-order chi connectivity index (χ1) is 9.65. The minimum Gasteiger partial charge on any atom is -0.495 e. The Balaban J connectivity index is 2.05. The van der Waals surface area contributed by atoms with Gasteiger partial charge in [0.05, 0.1) is 19.3 Å². The van der Waals surface area contributed by atoms with Crippen molar-refractivity contribution in [2.75, 3.05) is 12.8 Å². The summed E-state index contributed by atoms with van der Waals surface area (Å²) in [6, 6.07) is 4.90. The van der Waals surface area contributed by atoms with Crippen LogP contribution in [0.4, 0.5) is 5.69 Å². The van der Waals surface area contributed by atoms with Crippen molar-refractivity contribution in [2.45, 2.75) is 20.0 Å². The van der Waals surface area contributed by atoms with Gasteiger partial charge < -0.3 is 20.4 Å². The molecule has 1 heterocycles. The summed E-state index contributed by atoms with van der Waals surface area (Å²) in [5.41, 5.74) is 6.69. The lowest BCUT2D eigenvalue weighted by Gasteiger charge is -2.08. The smallest absolute Gasteiger partial charge is 0.251 e. The molecule has 0 saturated carbocycles. The number of nitrogens with zero attached hydrogens (tertiary/aromatic N) is 3. The first kappa shape index (κ1) is 13.9. The van der Waals surface area contributed by atoms with Crippen molar-refractivity contribution in [3.63, 3.8) is 0 Å². The zero-order chi connectivity index (χ0) is 14.5. The highest BCUT2D eigenvalue weighted by atomic mass is 16.5. The number of benzene rings is 1. The number of nitrogen functional groups attached to an aromatic ring is 1. The number of ether oxygens (including phenoxy) is 1. The number of hydrogen-bond acceptors (Lipinski definition) is 5. The Morgan fingerprint density at radius 1 is 1.50 bits per heavy atom. The average molecular weight is 275 g/mol. The van der Waals surface area contributed by atoms with Crippen LogP contribution in [-0.4, -0.2) is 27.8 Å². The number of anilines is 1. The Labute approximate surface area is 116 Å². The van der Waals surface area contributed by atoms with E-state index in [2.05, 4.69) is 15.5 Å². The van der Waals surface area contributed by atoms with Crippen molar-refractivity contribution in [1.29, 1.82) is 0 Å². The number of carbonyl (C=O) groups is 1. The zero-order valence-corrected chi connectivity index (χ0v) is 11.5. The first-order valence-electron chi connectivity index (χ1n) is 6.24. The van der Waals surface area contributed by atoms with Gasteiger partial charge in [0, 0.05) is 12.1 Å². The van der Waals surface area contributed by atoms with Crippen LogP contribution in [0.2, 0.25) is 0 Å². The van der Waals surface area contributed by atoms with E-state index in [4.69, 9.17) is 10.5 Å². The Bertz CT molecular complexity index is 609. The lowest BCUT2D eigenvalue weighted by atomic mass is 10.2. The molecule has 0 bridgehead atoms. The van der Waals surface area contributed by atoms with Gasteiger partial charge in [-0.3, -0.25) is 4.79 Å². The summed E-state index contributed by atoms with van der Waals surface area (Å²) in [7, 11) is 1.51. The van der Waals surface area contributed by atoms with E-state index in [1.54, 1.807) is 24.5 Å². The number of aromatic nitrogens is 3. The topological polar surface area (TPSA) is 95.1 Å². The van der Waals surface area contributed by atoms with Crippen molar-refractivity contribution < 1.29 is 9.53 Å². The largest absolute Gasteiger partial charge is 0.495 e. The van der Waals surface area contributed by atoms with E-state index in [1.165, 1.54) is 7.11 Å². The molecule has 7 heteroatoms. The molecule has 0 aliphatic heterocycles. The number of nitrogens with two attached hydrogens (primary N) is 1. The molecule has 7 nitrogen and oxygen atoms in total. The molecule has 0 fully saturated rings. The molecule has 0 aliphatic carbocycles. The second-order valence-corrected chi connectivity index (χ2v) is 4.17. The SMILES string of the molecule is CCn1cnnc1CNC(=O)c1ccc(N)c(OC)c1. The Morgan fingerprint density at radius 2 is 2.30 bits per heavy atom. The molecular formula is C13H17N5O2. The van der Waals surface area contributed by atoms with Crippen molar-refractivity contribution in [3.8, 4) is 5.75 Å². The lowest BCUT2D eigenvalue weighted by molar-refractivity contribution is 0.0949. The highest BCUT2D eigenvalue weighted by Crippen LogP contribution is 2.21. The summed E-state index contributed by atoms with van der Waals surface area (Å²) in [5, 5.41) is 10.6. The second kappa shape index (κ2) is 6.05. The Morgan fingerprint density at radius 3 is 3.00 bits per heavy atom. The van der Waals surface area contributed by atoms with Crippen LogP contribution in [0, 0.1) is 0 Å². The maximum atomic E-state index is 12.1.